The number of carbonyl (C=O) groups is 1. The van der Waals surface area contributed by atoms with Gasteiger partial charge in [0.2, 0.25) is 0 Å². The predicted molar refractivity (Wildman–Crippen MR) is 81.3 cm³/mol. The summed E-state index contributed by atoms with van der Waals surface area (Å²) in [4.78, 5) is 11.8. The zero-order valence-corrected chi connectivity index (χ0v) is 12.4. The van der Waals surface area contributed by atoms with E-state index in [4.69, 9.17) is 10.00 Å². The normalized spacial score (nSPS) is 10.8. The van der Waals surface area contributed by atoms with Gasteiger partial charge in [0.15, 0.2) is 6.61 Å². The molecule has 0 saturated carbocycles. The summed E-state index contributed by atoms with van der Waals surface area (Å²) in [6, 6.07) is 12.9. The minimum Gasteiger partial charge on any atom is -0.484 e. The van der Waals surface area contributed by atoms with E-state index in [1.54, 1.807) is 24.3 Å². The van der Waals surface area contributed by atoms with Crippen molar-refractivity contribution < 1.29 is 22.7 Å². The monoisotopic (exact) mass is 334 g/mol. The molecule has 24 heavy (non-hydrogen) atoms. The number of hydrogen-bond donors (Lipinski definition) is 1. The topological polar surface area (TPSA) is 62.1 Å². The highest BCUT2D eigenvalue weighted by Gasteiger charge is 2.30. The van der Waals surface area contributed by atoms with Crippen molar-refractivity contribution in [3.63, 3.8) is 0 Å². The number of amides is 1. The first-order chi connectivity index (χ1) is 11.4. The average molecular weight is 334 g/mol. The molecule has 0 heterocycles. The second-order valence-electron chi connectivity index (χ2n) is 4.89. The molecule has 2 aromatic rings. The van der Waals surface area contributed by atoms with Crippen molar-refractivity contribution in [1.82, 2.24) is 0 Å². The first kappa shape index (κ1) is 17.3. The number of carbonyl (C=O) groups excluding carboxylic acids is 1. The van der Waals surface area contributed by atoms with Gasteiger partial charge < -0.3 is 10.1 Å². The Morgan fingerprint density at radius 1 is 1.08 bits per heavy atom. The van der Waals surface area contributed by atoms with Gasteiger partial charge >= 0.3 is 6.18 Å². The summed E-state index contributed by atoms with van der Waals surface area (Å²) < 4.78 is 42.4. The molecule has 2 rings (SSSR count). The van der Waals surface area contributed by atoms with Crippen LogP contribution in [0.3, 0.4) is 0 Å². The minimum atomic E-state index is -4.41. The fourth-order valence-corrected chi connectivity index (χ4v) is 1.88. The summed E-state index contributed by atoms with van der Waals surface area (Å²) >= 11 is 0. The van der Waals surface area contributed by atoms with Crippen LogP contribution >= 0.6 is 0 Å². The fraction of sp³-hybridized carbons (Fsp3) is 0.176. The lowest BCUT2D eigenvalue weighted by Crippen LogP contribution is -2.20. The van der Waals surface area contributed by atoms with Gasteiger partial charge in [0.05, 0.1) is 18.1 Å². The van der Waals surface area contributed by atoms with Gasteiger partial charge in [-0.3, -0.25) is 4.79 Å². The van der Waals surface area contributed by atoms with E-state index < -0.39 is 17.6 Å². The van der Waals surface area contributed by atoms with Crippen LogP contribution in [0.5, 0.6) is 5.75 Å². The van der Waals surface area contributed by atoms with Crippen molar-refractivity contribution in [3.05, 3.63) is 59.7 Å². The molecule has 7 heteroatoms. The van der Waals surface area contributed by atoms with E-state index in [0.29, 0.717) is 5.69 Å². The molecule has 0 fully saturated rings. The molecular formula is C17H13F3N2O2. The van der Waals surface area contributed by atoms with Gasteiger partial charge in [-0.05, 0) is 42.0 Å². The summed E-state index contributed by atoms with van der Waals surface area (Å²) in [6.45, 7) is -0.328. The Hall–Kier alpha value is -3.01. The highest BCUT2D eigenvalue weighted by molar-refractivity contribution is 5.91. The minimum absolute atomic E-state index is 0.169. The van der Waals surface area contributed by atoms with Crippen LogP contribution in [0.2, 0.25) is 0 Å². The molecular weight excluding hydrogens is 321 g/mol. The lowest BCUT2D eigenvalue weighted by Gasteiger charge is -2.10. The first-order valence-electron chi connectivity index (χ1n) is 6.94. The van der Waals surface area contributed by atoms with Gasteiger partial charge in [-0.2, -0.15) is 18.4 Å². The molecule has 1 N–H and O–H groups in total. The molecule has 124 valence electrons. The highest BCUT2D eigenvalue weighted by atomic mass is 19.4. The van der Waals surface area contributed by atoms with Crippen LogP contribution in [0, 0.1) is 11.3 Å². The SMILES string of the molecule is N#CCc1ccc(NC(=O)COc2ccc(C(F)(F)F)cc2)cc1. The zero-order chi connectivity index (χ0) is 17.6. The molecule has 2 aromatic carbocycles. The zero-order valence-electron chi connectivity index (χ0n) is 12.4. The quantitative estimate of drug-likeness (QED) is 0.905. The lowest BCUT2D eigenvalue weighted by molar-refractivity contribution is -0.137. The molecule has 0 aromatic heterocycles. The maximum Gasteiger partial charge on any atom is 0.416 e. The third-order valence-corrected chi connectivity index (χ3v) is 3.07. The number of benzene rings is 2. The number of nitriles is 1. The molecule has 4 nitrogen and oxygen atoms in total. The Morgan fingerprint density at radius 2 is 1.71 bits per heavy atom. The number of nitrogens with zero attached hydrogens (tertiary/aromatic N) is 1. The maximum absolute atomic E-state index is 12.4. The van der Waals surface area contributed by atoms with E-state index in [1.165, 1.54) is 0 Å². The van der Waals surface area contributed by atoms with Crippen LogP contribution in [0.25, 0.3) is 0 Å². The predicted octanol–water partition coefficient (Wildman–Crippen LogP) is 3.79. The smallest absolute Gasteiger partial charge is 0.416 e. The van der Waals surface area contributed by atoms with Gasteiger partial charge in [-0.25, -0.2) is 0 Å². The summed E-state index contributed by atoms with van der Waals surface area (Å²) in [5, 5.41) is 11.2. The van der Waals surface area contributed by atoms with Crippen LogP contribution in [-0.4, -0.2) is 12.5 Å². The molecule has 0 radical (unpaired) electrons. The number of anilines is 1. The molecule has 0 bridgehead atoms. The lowest BCUT2D eigenvalue weighted by atomic mass is 10.1. The van der Waals surface area contributed by atoms with Gasteiger partial charge in [0, 0.05) is 5.69 Å². The number of alkyl halides is 3. The number of nitrogens with one attached hydrogen (secondary N) is 1. The number of halogens is 3. The van der Waals surface area contributed by atoms with Crippen LogP contribution in [0.15, 0.2) is 48.5 Å². The number of ether oxygens (including phenoxy) is 1. The molecule has 0 aliphatic rings. The van der Waals surface area contributed by atoms with Crippen LogP contribution in [0.4, 0.5) is 18.9 Å². The van der Waals surface area contributed by atoms with Crippen molar-refractivity contribution in [1.29, 1.82) is 5.26 Å². The summed E-state index contributed by atoms with van der Waals surface area (Å²) in [5.41, 5.74) is 0.589. The van der Waals surface area contributed by atoms with Crippen LogP contribution in [-0.2, 0) is 17.4 Å². The summed E-state index contributed by atoms with van der Waals surface area (Å²) in [7, 11) is 0. The maximum atomic E-state index is 12.4. The molecule has 0 atom stereocenters. The van der Waals surface area contributed by atoms with E-state index in [-0.39, 0.29) is 18.8 Å². The third kappa shape index (κ3) is 5.02. The second-order valence-corrected chi connectivity index (χ2v) is 4.89. The Labute approximate surface area is 136 Å². The number of hydrogen-bond acceptors (Lipinski definition) is 3. The van der Waals surface area contributed by atoms with Crippen molar-refractivity contribution in [2.24, 2.45) is 0 Å². The third-order valence-electron chi connectivity index (χ3n) is 3.07. The molecule has 0 aliphatic carbocycles. The summed E-state index contributed by atoms with van der Waals surface area (Å²) in [6.07, 6.45) is -4.13. The van der Waals surface area contributed by atoms with Crippen LogP contribution in [0.1, 0.15) is 11.1 Å². The van der Waals surface area contributed by atoms with Gasteiger partial charge in [0.25, 0.3) is 5.91 Å². The molecule has 0 aliphatic heterocycles. The van der Waals surface area contributed by atoms with E-state index in [1.807, 2.05) is 6.07 Å². The molecule has 0 unspecified atom stereocenters. The van der Waals surface area contributed by atoms with Gasteiger partial charge in [-0.15, -0.1) is 0 Å². The largest absolute Gasteiger partial charge is 0.484 e. The van der Waals surface area contributed by atoms with Crippen molar-refractivity contribution in [2.75, 3.05) is 11.9 Å². The Kier molecular flexibility index (Phi) is 5.42. The Bertz CT molecular complexity index is 732. The van der Waals surface area contributed by atoms with Gasteiger partial charge in [0.1, 0.15) is 5.75 Å². The van der Waals surface area contributed by atoms with Crippen LogP contribution < -0.4 is 10.1 Å². The van der Waals surface area contributed by atoms with E-state index in [9.17, 15) is 18.0 Å². The molecule has 1 amide bonds. The van der Waals surface area contributed by atoms with Crippen molar-refractivity contribution in [2.45, 2.75) is 12.6 Å². The highest BCUT2D eigenvalue weighted by Crippen LogP contribution is 2.30. The summed E-state index contributed by atoms with van der Waals surface area (Å²) in [5.74, 6) is -0.273. The van der Waals surface area contributed by atoms with E-state index in [2.05, 4.69) is 5.32 Å². The second kappa shape index (κ2) is 7.51. The standard InChI is InChI=1S/C17H13F3N2O2/c18-17(19,20)13-3-7-15(8-4-13)24-11-16(23)22-14-5-1-12(2-6-14)9-10-21/h1-8H,9,11H2,(H,22,23). The van der Waals surface area contributed by atoms with Crippen molar-refractivity contribution >= 4 is 11.6 Å². The average Bonchev–Trinajstić information content (AvgIpc) is 2.55. The van der Waals surface area contributed by atoms with E-state index in [0.717, 1.165) is 29.8 Å². The number of rotatable bonds is 5. The van der Waals surface area contributed by atoms with Gasteiger partial charge in [-0.1, -0.05) is 12.1 Å². The Morgan fingerprint density at radius 3 is 2.25 bits per heavy atom. The van der Waals surface area contributed by atoms with Crippen molar-refractivity contribution in [3.8, 4) is 11.8 Å². The first-order valence-corrected chi connectivity index (χ1v) is 6.94. The van der Waals surface area contributed by atoms with E-state index >= 15 is 0 Å². The molecule has 0 saturated heterocycles. The molecule has 0 spiro atoms. The fourth-order valence-electron chi connectivity index (χ4n) is 1.88. The Balaban J connectivity index is 1.85.